The third-order valence-electron chi connectivity index (χ3n) is 4.34. The van der Waals surface area contributed by atoms with Crippen LogP contribution in [0.15, 0.2) is 24.4 Å². The monoisotopic (exact) mass is 321 g/mol. The van der Waals surface area contributed by atoms with E-state index in [2.05, 4.69) is 14.3 Å². The normalized spacial score (nSPS) is 20.5. The summed E-state index contributed by atoms with van der Waals surface area (Å²) in [5, 5.41) is 0. The van der Waals surface area contributed by atoms with Crippen molar-refractivity contribution >= 4 is 15.5 Å². The summed E-state index contributed by atoms with van der Waals surface area (Å²) in [6, 6.07) is 6.02. The first-order valence-corrected chi connectivity index (χ1v) is 9.81. The number of fused-ring (bicyclic) bond motifs is 1. The molecule has 0 bridgehead atoms. The summed E-state index contributed by atoms with van der Waals surface area (Å²) in [6.45, 7) is 4.75. The van der Waals surface area contributed by atoms with Crippen LogP contribution in [-0.2, 0) is 16.4 Å². The van der Waals surface area contributed by atoms with Crippen LogP contribution in [0.2, 0.25) is 0 Å². The predicted octanol–water partition coefficient (Wildman–Crippen LogP) is 1.90. The van der Waals surface area contributed by atoms with Crippen LogP contribution in [0.4, 0.5) is 0 Å². The summed E-state index contributed by atoms with van der Waals surface area (Å²) < 4.78 is 25.2. The van der Waals surface area contributed by atoms with Crippen molar-refractivity contribution in [3.8, 4) is 0 Å². The van der Waals surface area contributed by atoms with Gasteiger partial charge in [0.05, 0.1) is 17.1 Å². The van der Waals surface area contributed by atoms with Crippen LogP contribution in [0.1, 0.15) is 24.2 Å². The molecule has 1 fully saturated rings. The Labute approximate surface area is 131 Å². The third-order valence-corrected chi connectivity index (χ3v) is 5.42. The van der Waals surface area contributed by atoms with Gasteiger partial charge < -0.3 is 4.40 Å². The van der Waals surface area contributed by atoms with Gasteiger partial charge in [-0.15, -0.1) is 0 Å². The largest absolute Gasteiger partial charge is 0.302 e. The van der Waals surface area contributed by atoms with Crippen molar-refractivity contribution in [2.45, 2.75) is 26.3 Å². The van der Waals surface area contributed by atoms with Gasteiger partial charge in [-0.3, -0.25) is 4.90 Å². The second kappa shape index (κ2) is 6.01. The molecular weight excluding hydrogens is 298 g/mol. The van der Waals surface area contributed by atoms with E-state index in [0.29, 0.717) is 5.75 Å². The lowest BCUT2D eigenvalue weighted by Crippen LogP contribution is -2.37. The van der Waals surface area contributed by atoms with E-state index in [1.54, 1.807) is 0 Å². The Bertz CT molecular complexity index is 767. The Morgan fingerprint density at radius 2 is 2.18 bits per heavy atom. The first-order valence-electron chi connectivity index (χ1n) is 7.75. The van der Waals surface area contributed by atoms with Crippen molar-refractivity contribution in [2.75, 3.05) is 25.1 Å². The van der Waals surface area contributed by atoms with Crippen LogP contribution in [-0.4, -0.2) is 47.8 Å². The zero-order valence-corrected chi connectivity index (χ0v) is 14.0. The third kappa shape index (κ3) is 3.50. The highest BCUT2D eigenvalue weighted by Crippen LogP contribution is 2.21. The van der Waals surface area contributed by atoms with Gasteiger partial charge in [-0.2, -0.15) is 0 Å². The highest BCUT2D eigenvalue weighted by Gasteiger charge is 2.24. The molecule has 3 rings (SSSR count). The van der Waals surface area contributed by atoms with Gasteiger partial charge in [0.25, 0.3) is 0 Å². The second-order valence-electron chi connectivity index (χ2n) is 6.41. The van der Waals surface area contributed by atoms with Gasteiger partial charge in [0, 0.05) is 25.5 Å². The first-order chi connectivity index (χ1) is 10.4. The van der Waals surface area contributed by atoms with Crippen LogP contribution in [0.25, 0.3) is 5.65 Å². The molecule has 2 aromatic heterocycles. The quantitative estimate of drug-likeness (QED) is 0.863. The Morgan fingerprint density at radius 1 is 1.36 bits per heavy atom. The number of piperidine rings is 1. The maximum atomic E-state index is 11.5. The maximum absolute atomic E-state index is 11.5. The van der Waals surface area contributed by atoms with E-state index in [0.717, 1.165) is 43.8 Å². The minimum atomic E-state index is -2.90. The molecule has 0 spiro atoms. The number of hydrogen-bond acceptors (Lipinski definition) is 4. The van der Waals surface area contributed by atoms with Gasteiger partial charge in [-0.1, -0.05) is 6.07 Å². The summed E-state index contributed by atoms with van der Waals surface area (Å²) in [4.78, 5) is 6.96. The van der Waals surface area contributed by atoms with Crippen molar-refractivity contribution in [2.24, 2.45) is 5.92 Å². The lowest BCUT2D eigenvalue weighted by molar-refractivity contribution is 0.175. The Morgan fingerprint density at radius 3 is 2.95 bits per heavy atom. The van der Waals surface area contributed by atoms with E-state index in [1.165, 1.54) is 11.9 Å². The van der Waals surface area contributed by atoms with E-state index < -0.39 is 9.84 Å². The summed E-state index contributed by atoms with van der Waals surface area (Å²) in [7, 11) is -2.90. The zero-order valence-electron chi connectivity index (χ0n) is 13.2. The summed E-state index contributed by atoms with van der Waals surface area (Å²) in [5.41, 5.74) is 3.23. The molecule has 22 heavy (non-hydrogen) atoms. The molecule has 0 amide bonds. The van der Waals surface area contributed by atoms with E-state index in [9.17, 15) is 8.42 Å². The van der Waals surface area contributed by atoms with Gasteiger partial charge in [0.1, 0.15) is 15.5 Å². The molecule has 5 nitrogen and oxygen atoms in total. The first kappa shape index (κ1) is 15.5. The summed E-state index contributed by atoms with van der Waals surface area (Å²) >= 11 is 0. The van der Waals surface area contributed by atoms with Crippen LogP contribution in [0.5, 0.6) is 0 Å². The maximum Gasteiger partial charge on any atom is 0.147 e. The van der Waals surface area contributed by atoms with Gasteiger partial charge in [-0.05, 0) is 44.4 Å². The van der Waals surface area contributed by atoms with Crippen LogP contribution in [0.3, 0.4) is 0 Å². The van der Waals surface area contributed by atoms with Crippen molar-refractivity contribution < 1.29 is 8.42 Å². The number of hydrogen-bond donors (Lipinski definition) is 0. The molecule has 2 aromatic rings. The van der Waals surface area contributed by atoms with E-state index in [4.69, 9.17) is 0 Å². The number of aryl methyl sites for hydroxylation is 1. The van der Waals surface area contributed by atoms with Gasteiger partial charge in [0.2, 0.25) is 0 Å². The van der Waals surface area contributed by atoms with E-state index in [1.807, 2.05) is 31.3 Å². The number of imidazole rings is 1. The Hall–Kier alpha value is -1.40. The number of aromatic nitrogens is 2. The molecule has 6 heteroatoms. The Balaban J connectivity index is 1.76. The fourth-order valence-corrected chi connectivity index (χ4v) is 4.55. The molecule has 0 N–H and O–H groups in total. The fraction of sp³-hybridized carbons (Fsp3) is 0.562. The highest BCUT2D eigenvalue weighted by atomic mass is 32.2. The molecule has 1 saturated heterocycles. The molecule has 0 aromatic carbocycles. The van der Waals surface area contributed by atoms with E-state index in [-0.39, 0.29) is 5.92 Å². The smallest absolute Gasteiger partial charge is 0.147 e. The van der Waals surface area contributed by atoms with Crippen LogP contribution in [0, 0.1) is 12.8 Å². The topological polar surface area (TPSA) is 54.7 Å². The molecule has 3 heterocycles. The molecule has 1 aliphatic rings. The molecule has 0 radical (unpaired) electrons. The molecule has 0 aliphatic carbocycles. The number of sulfone groups is 1. The highest BCUT2D eigenvalue weighted by molar-refractivity contribution is 7.90. The van der Waals surface area contributed by atoms with Crippen LogP contribution < -0.4 is 0 Å². The Kier molecular flexibility index (Phi) is 4.23. The minimum Gasteiger partial charge on any atom is -0.302 e. The molecule has 120 valence electrons. The zero-order chi connectivity index (χ0) is 15.7. The predicted molar refractivity (Wildman–Crippen MR) is 87.6 cm³/mol. The van der Waals surface area contributed by atoms with E-state index >= 15 is 0 Å². The summed E-state index contributed by atoms with van der Waals surface area (Å²) in [6.07, 6.45) is 5.45. The van der Waals surface area contributed by atoms with Gasteiger partial charge in [-0.25, -0.2) is 13.4 Å². The van der Waals surface area contributed by atoms with Gasteiger partial charge in [0.15, 0.2) is 0 Å². The fourth-order valence-electron chi connectivity index (χ4n) is 3.43. The van der Waals surface area contributed by atoms with Crippen molar-refractivity contribution in [1.82, 2.24) is 14.3 Å². The summed E-state index contributed by atoms with van der Waals surface area (Å²) in [5.74, 6) is 0.554. The number of pyridine rings is 1. The van der Waals surface area contributed by atoms with Crippen molar-refractivity contribution in [1.29, 1.82) is 0 Å². The second-order valence-corrected chi connectivity index (χ2v) is 8.59. The lowest BCUT2D eigenvalue weighted by Gasteiger charge is -2.32. The molecule has 1 aliphatic heterocycles. The van der Waals surface area contributed by atoms with Crippen LogP contribution >= 0.6 is 0 Å². The lowest BCUT2D eigenvalue weighted by atomic mass is 10.00. The minimum absolute atomic E-state index is 0.253. The average Bonchev–Trinajstić information content (AvgIpc) is 2.74. The molecule has 0 unspecified atom stereocenters. The van der Waals surface area contributed by atoms with Crippen molar-refractivity contribution in [3.63, 3.8) is 0 Å². The molecular formula is C16H23N3O2S. The molecule has 0 saturated carbocycles. The number of nitrogens with zero attached hydrogens (tertiary/aromatic N) is 3. The number of rotatable bonds is 4. The number of likely N-dealkylation sites (tertiary alicyclic amines) is 1. The van der Waals surface area contributed by atoms with Crippen molar-refractivity contribution in [3.05, 3.63) is 35.8 Å². The molecule has 1 atom stereocenters. The standard InChI is InChI=1S/C16H23N3O2S/c1-13-15(19-9-4-3-7-16(19)17-13)11-18-8-5-6-14(10-18)12-22(2,20)21/h3-4,7,9,14H,5-6,8,10-12H2,1-2H3/t14-/m0/s1. The van der Waals surface area contributed by atoms with Gasteiger partial charge >= 0.3 is 0 Å². The average molecular weight is 321 g/mol. The SMILES string of the molecule is Cc1nc2ccccn2c1CN1CCC[C@H](CS(C)(=O)=O)C1.